The zero-order valence-corrected chi connectivity index (χ0v) is 15.0. The third-order valence-electron chi connectivity index (χ3n) is 2.63. The fourth-order valence-corrected chi connectivity index (χ4v) is 3.39. The highest BCUT2D eigenvalue weighted by molar-refractivity contribution is 9.10. The van der Waals surface area contributed by atoms with E-state index in [4.69, 9.17) is 23.2 Å². The van der Waals surface area contributed by atoms with Crippen molar-refractivity contribution in [3.63, 3.8) is 0 Å². The summed E-state index contributed by atoms with van der Waals surface area (Å²) in [5, 5.41) is 0.262. The average molecular weight is 430 g/mol. The molecule has 9 heteroatoms. The molecule has 1 atom stereocenters. The van der Waals surface area contributed by atoms with Gasteiger partial charge in [-0.25, -0.2) is 18.5 Å². The molecule has 2 aromatic rings. The molecule has 0 aliphatic carbocycles. The Balaban J connectivity index is 2.30. The Labute approximate surface area is 147 Å². The molecule has 0 aliphatic rings. The van der Waals surface area contributed by atoms with E-state index in [-0.39, 0.29) is 15.5 Å². The average Bonchev–Trinajstić information content (AvgIpc) is 2.42. The molecule has 0 fully saturated rings. The van der Waals surface area contributed by atoms with Gasteiger partial charge in [0.2, 0.25) is 0 Å². The molecule has 22 heavy (non-hydrogen) atoms. The van der Waals surface area contributed by atoms with Crippen LogP contribution in [0.25, 0.3) is 0 Å². The van der Waals surface area contributed by atoms with E-state index in [1.807, 2.05) is 0 Å². The molecule has 0 saturated carbocycles. The maximum absolute atomic E-state index is 13.5. The fourth-order valence-electron chi connectivity index (χ4n) is 1.61. The van der Waals surface area contributed by atoms with Gasteiger partial charge in [0.15, 0.2) is 4.90 Å². The van der Waals surface area contributed by atoms with Gasteiger partial charge in [-0.05, 0) is 34.1 Å². The van der Waals surface area contributed by atoms with Crippen LogP contribution in [0.1, 0.15) is 12.5 Å². The van der Waals surface area contributed by atoms with Crippen LogP contribution in [0.4, 0.5) is 14.5 Å². The Morgan fingerprint density at radius 2 is 2.00 bits per heavy atom. The van der Waals surface area contributed by atoms with Gasteiger partial charge in [0.1, 0.15) is 21.7 Å². The Hall–Kier alpha value is -0.600. The van der Waals surface area contributed by atoms with Crippen LogP contribution in [-0.2, 0) is 17.3 Å². The summed E-state index contributed by atoms with van der Waals surface area (Å²) in [6.07, 6.45) is 1.41. The summed E-state index contributed by atoms with van der Waals surface area (Å²) < 4.78 is 42.3. The minimum atomic E-state index is -3.13. The maximum Gasteiger partial charge on any atom is 0.272 e. The summed E-state index contributed by atoms with van der Waals surface area (Å²) in [5.74, 6) is -3.13. The topological polar surface area (TPSA) is 48.0 Å². The van der Waals surface area contributed by atoms with Crippen molar-refractivity contribution in [3.05, 3.63) is 50.7 Å². The summed E-state index contributed by atoms with van der Waals surface area (Å²) in [4.78, 5) is 4.10. The lowest BCUT2D eigenvalue weighted by Gasteiger charge is -2.16. The van der Waals surface area contributed by atoms with Crippen LogP contribution in [0.15, 0.2) is 40.0 Å². The van der Waals surface area contributed by atoms with Gasteiger partial charge < -0.3 is 4.55 Å². The molecule has 0 bridgehead atoms. The van der Waals surface area contributed by atoms with Crippen molar-refractivity contribution in [1.29, 1.82) is 0 Å². The number of alkyl halides is 2. The number of benzene rings is 1. The molecule has 3 nitrogen and oxygen atoms in total. The molecule has 118 valence electrons. The Bertz CT molecular complexity index is 700. The normalized spacial score (nSPS) is 13.0. The summed E-state index contributed by atoms with van der Waals surface area (Å²) in [6, 6.07) is 5.32. The Kier molecular flexibility index (Phi) is 5.55. The lowest BCUT2D eigenvalue weighted by Crippen LogP contribution is -2.16. The minimum Gasteiger partial charge on any atom is -0.588 e. The lowest BCUT2D eigenvalue weighted by molar-refractivity contribution is 0.0174. The van der Waals surface area contributed by atoms with E-state index in [9.17, 15) is 13.3 Å². The van der Waals surface area contributed by atoms with Gasteiger partial charge in [0.05, 0.1) is 10.0 Å². The van der Waals surface area contributed by atoms with Crippen LogP contribution in [-0.4, -0.2) is 9.54 Å². The van der Waals surface area contributed by atoms with Crippen molar-refractivity contribution < 1.29 is 13.3 Å². The molecule has 0 aliphatic heterocycles. The van der Waals surface area contributed by atoms with E-state index in [2.05, 4.69) is 25.6 Å². The summed E-state index contributed by atoms with van der Waals surface area (Å²) in [6.45, 7) is 0.728. The van der Waals surface area contributed by atoms with Crippen LogP contribution < -0.4 is 4.72 Å². The molecule has 1 heterocycles. The van der Waals surface area contributed by atoms with E-state index >= 15 is 0 Å². The van der Waals surface area contributed by atoms with Gasteiger partial charge in [-0.2, -0.15) is 0 Å². The van der Waals surface area contributed by atoms with Crippen LogP contribution in [0, 0.1) is 0 Å². The second-order valence-corrected chi connectivity index (χ2v) is 7.20. The van der Waals surface area contributed by atoms with Crippen LogP contribution in [0.5, 0.6) is 0 Å². The van der Waals surface area contributed by atoms with Crippen molar-refractivity contribution in [2.75, 3.05) is 4.72 Å². The fraction of sp³-hybridized carbons (Fsp3) is 0.154. The molecule has 1 aromatic carbocycles. The summed E-state index contributed by atoms with van der Waals surface area (Å²) in [7, 11) is 0. The highest BCUT2D eigenvalue weighted by atomic mass is 79.9. The molecule has 0 saturated heterocycles. The van der Waals surface area contributed by atoms with Gasteiger partial charge in [-0.15, -0.1) is 0 Å². The smallest absolute Gasteiger partial charge is 0.272 e. The number of anilines is 1. The monoisotopic (exact) mass is 428 g/mol. The standard InChI is InChI=1S/C13H9BrCl2F2N2OS/c1-13(17,18)9-5-8(2-3-10(9)16)22(21)20-11-4-7(15)6-19-12(11)14/h2-6,20H,1H3. The zero-order chi connectivity index (χ0) is 16.5. The quantitative estimate of drug-likeness (QED) is 0.523. The van der Waals surface area contributed by atoms with E-state index in [1.165, 1.54) is 24.4 Å². The van der Waals surface area contributed by atoms with Crippen molar-refractivity contribution in [2.24, 2.45) is 0 Å². The molecule has 2 rings (SSSR count). The Morgan fingerprint density at radius 1 is 1.32 bits per heavy atom. The summed E-state index contributed by atoms with van der Waals surface area (Å²) >= 11 is 13.0. The highest BCUT2D eigenvalue weighted by Crippen LogP contribution is 2.35. The molecule has 0 amide bonds. The van der Waals surface area contributed by atoms with Crippen LogP contribution in [0.2, 0.25) is 10.0 Å². The van der Waals surface area contributed by atoms with E-state index in [0.717, 1.165) is 13.0 Å². The highest BCUT2D eigenvalue weighted by Gasteiger charge is 2.29. The van der Waals surface area contributed by atoms with E-state index in [1.54, 1.807) is 0 Å². The number of aromatic nitrogens is 1. The van der Waals surface area contributed by atoms with Crippen molar-refractivity contribution in [1.82, 2.24) is 4.98 Å². The van der Waals surface area contributed by atoms with Crippen LogP contribution in [0.3, 0.4) is 0 Å². The van der Waals surface area contributed by atoms with Gasteiger partial charge in [-0.1, -0.05) is 23.2 Å². The van der Waals surface area contributed by atoms with Crippen molar-refractivity contribution >= 4 is 56.2 Å². The molecular weight excluding hydrogens is 421 g/mol. The minimum absolute atomic E-state index is 0.0844. The van der Waals surface area contributed by atoms with Gasteiger partial charge >= 0.3 is 0 Å². The number of pyridine rings is 1. The van der Waals surface area contributed by atoms with Gasteiger partial charge in [-0.3, -0.25) is 0 Å². The second-order valence-electron chi connectivity index (χ2n) is 4.39. The first-order chi connectivity index (χ1) is 10.2. The van der Waals surface area contributed by atoms with Crippen molar-refractivity contribution in [3.8, 4) is 0 Å². The van der Waals surface area contributed by atoms with E-state index in [0.29, 0.717) is 15.3 Å². The first kappa shape index (κ1) is 17.7. The third-order valence-corrected chi connectivity index (χ3v) is 4.89. The number of nitrogens with one attached hydrogen (secondary N) is 1. The predicted molar refractivity (Wildman–Crippen MR) is 88.0 cm³/mol. The SMILES string of the molecule is CC(F)(F)c1cc([S+]([O-])Nc2cc(Cl)cnc2Br)ccc1Cl. The molecule has 1 aromatic heterocycles. The van der Waals surface area contributed by atoms with Gasteiger partial charge in [0.25, 0.3) is 5.92 Å². The lowest BCUT2D eigenvalue weighted by atomic mass is 10.1. The maximum atomic E-state index is 13.5. The third kappa shape index (κ3) is 4.23. The number of rotatable bonds is 4. The number of hydrogen-bond acceptors (Lipinski definition) is 3. The number of hydrogen-bond donors (Lipinski definition) is 1. The molecule has 1 N–H and O–H groups in total. The molecular formula is C13H9BrCl2F2N2OS. The molecule has 1 unspecified atom stereocenters. The second kappa shape index (κ2) is 6.88. The zero-order valence-electron chi connectivity index (χ0n) is 11.0. The Morgan fingerprint density at radius 3 is 2.64 bits per heavy atom. The summed E-state index contributed by atoms with van der Waals surface area (Å²) in [5.41, 5.74) is -0.00399. The first-order valence-electron chi connectivity index (χ1n) is 5.86. The number of halogens is 5. The predicted octanol–water partition coefficient (Wildman–Crippen LogP) is 5.40. The van der Waals surface area contributed by atoms with Crippen molar-refractivity contribution in [2.45, 2.75) is 17.7 Å². The first-order valence-corrected chi connectivity index (χ1v) is 8.55. The van der Waals surface area contributed by atoms with E-state index < -0.39 is 17.3 Å². The molecule has 0 spiro atoms. The largest absolute Gasteiger partial charge is 0.588 e. The number of nitrogens with zero attached hydrogens (tertiary/aromatic N) is 1. The van der Waals surface area contributed by atoms with Crippen LogP contribution >= 0.6 is 39.1 Å². The van der Waals surface area contributed by atoms with Gasteiger partial charge in [0, 0.05) is 24.8 Å². The molecule has 0 radical (unpaired) electrons.